The molecule has 0 saturated heterocycles. The van der Waals surface area contributed by atoms with E-state index in [-0.39, 0.29) is 12.1 Å². The van der Waals surface area contributed by atoms with Gasteiger partial charge in [0, 0.05) is 23.2 Å². The molecule has 1 fully saturated rings. The first kappa shape index (κ1) is 14.1. The fraction of sp³-hybridized carbons (Fsp3) is 0.333. The lowest BCUT2D eigenvalue weighted by Crippen LogP contribution is -2.23. The van der Waals surface area contributed by atoms with E-state index in [1.54, 1.807) is 18.3 Å². The average Bonchev–Trinajstić information content (AvgIpc) is 3.26. The molecule has 4 nitrogen and oxygen atoms in total. The van der Waals surface area contributed by atoms with Gasteiger partial charge in [-0.05, 0) is 30.9 Å². The molecule has 1 aliphatic rings. The molecule has 3 rings (SSSR count). The SMILES string of the molecule is O=c1cc(NCC2CC2)cnn1Cc1ccc(Cl)cc1F. The molecule has 0 aliphatic heterocycles. The van der Waals surface area contributed by atoms with Crippen molar-refractivity contribution in [3.63, 3.8) is 0 Å². The molecule has 0 amide bonds. The van der Waals surface area contributed by atoms with Gasteiger partial charge < -0.3 is 5.32 Å². The first-order chi connectivity index (χ1) is 10.1. The number of anilines is 1. The number of nitrogens with zero attached hydrogens (tertiary/aromatic N) is 2. The Bertz CT molecular complexity index is 712. The van der Waals surface area contributed by atoms with Crippen LogP contribution >= 0.6 is 11.6 Å². The lowest BCUT2D eigenvalue weighted by atomic mass is 10.2. The second-order valence-electron chi connectivity index (χ2n) is 5.30. The van der Waals surface area contributed by atoms with Crippen LogP contribution in [0.3, 0.4) is 0 Å². The van der Waals surface area contributed by atoms with Crippen LogP contribution in [0.1, 0.15) is 18.4 Å². The van der Waals surface area contributed by atoms with E-state index in [9.17, 15) is 9.18 Å². The van der Waals surface area contributed by atoms with Crippen molar-refractivity contribution in [1.29, 1.82) is 0 Å². The predicted octanol–water partition coefficient (Wildman–Crippen LogP) is 2.91. The van der Waals surface area contributed by atoms with E-state index in [0.717, 1.165) is 12.5 Å². The van der Waals surface area contributed by atoms with Gasteiger partial charge in [0.2, 0.25) is 0 Å². The summed E-state index contributed by atoms with van der Waals surface area (Å²) in [6, 6.07) is 5.87. The van der Waals surface area contributed by atoms with Crippen LogP contribution in [-0.2, 0) is 6.54 Å². The number of aromatic nitrogens is 2. The van der Waals surface area contributed by atoms with Crippen LogP contribution in [0.4, 0.5) is 10.1 Å². The molecular formula is C15H15ClFN3O. The summed E-state index contributed by atoms with van der Waals surface area (Å²) in [4.78, 5) is 12.0. The van der Waals surface area contributed by atoms with Crippen molar-refractivity contribution in [2.45, 2.75) is 19.4 Å². The Morgan fingerprint density at radius 3 is 2.86 bits per heavy atom. The summed E-state index contributed by atoms with van der Waals surface area (Å²) in [6.07, 6.45) is 4.08. The van der Waals surface area contributed by atoms with Gasteiger partial charge in [-0.1, -0.05) is 17.7 Å². The number of hydrogen-bond donors (Lipinski definition) is 1. The monoisotopic (exact) mass is 307 g/mol. The molecule has 0 radical (unpaired) electrons. The Balaban J connectivity index is 1.74. The molecule has 21 heavy (non-hydrogen) atoms. The highest BCUT2D eigenvalue weighted by Gasteiger charge is 2.20. The third kappa shape index (κ3) is 3.61. The van der Waals surface area contributed by atoms with Crippen molar-refractivity contribution in [3.8, 4) is 0 Å². The third-order valence-electron chi connectivity index (χ3n) is 3.50. The summed E-state index contributed by atoms with van der Waals surface area (Å²) in [5, 5.41) is 7.60. The fourth-order valence-electron chi connectivity index (χ4n) is 2.04. The van der Waals surface area contributed by atoms with Crippen LogP contribution < -0.4 is 10.9 Å². The number of halogens is 2. The van der Waals surface area contributed by atoms with Crippen molar-refractivity contribution in [2.75, 3.05) is 11.9 Å². The van der Waals surface area contributed by atoms with E-state index in [2.05, 4.69) is 10.4 Å². The fourth-order valence-corrected chi connectivity index (χ4v) is 2.20. The van der Waals surface area contributed by atoms with E-state index < -0.39 is 5.82 Å². The maximum atomic E-state index is 13.7. The maximum Gasteiger partial charge on any atom is 0.269 e. The van der Waals surface area contributed by atoms with Gasteiger partial charge in [-0.25, -0.2) is 9.07 Å². The minimum absolute atomic E-state index is 0.0880. The highest BCUT2D eigenvalue weighted by atomic mass is 35.5. The number of nitrogens with one attached hydrogen (secondary N) is 1. The molecule has 1 heterocycles. The molecule has 1 aromatic carbocycles. The molecule has 0 spiro atoms. The Morgan fingerprint density at radius 1 is 1.38 bits per heavy atom. The quantitative estimate of drug-likeness (QED) is 0.924. The Hall–Kier alpha value is -1.88. The first-order valence-corrected chi connectivity index (χ1v) is 7.24. The van der Waals surface area contributed by atoms with Gasteiger partial charge >= 0.3 is 0 Å². The number of rotatable bonds is 5. The maximum absolute atomic E-state index is 13.7. The molecule has 0 atom stereocenters. The van der Waals surface area contributed by atoms with Crippen LogP contribution in [0.2, 0.25) is 5.02 Å². The Labute approximate surface area is 126 Å². The van der Waals surface area contributed by atoms with E-state index in [4.69, 9.17) is 11.6 Å². The largest absolute Gasteiger partial charge is 0.383 e. The van der Waals surface area contributed by atoms with E-state index in [0.29, 0.717) is 16.3 Å². The first-order valence-electron chi connectivity index (χ1n) is 6.87. The van der Waals surface area contributed by atoms with Crippen molar-refractivity contribution >= 4 is 17.3 Å². The second kappa shape index (κ2) is 5.85. The van der Waals surface area contributed by atoms with Gasteiger partial charge in [-0.2, -0.15) is 5.10 Å². The molecule has 1 aromatic heterocycles. The van der Waals surface area contributed by atoms with Crippen LogP contribution in [0.5, 0.6) is 0 Å². The van der Waals surface area contributed by atoms with Crippen molar-refractivity contribution in [2.24, 2.45) is 5.92 Å². The second-order valence-corrected chi connectivity index (χ2v) is 5.74. The Kier molecular flexibility index (Phi) is 3.92. The zero-order valence-electron chi connectivity index (χ0n) is 11.4. The standard InChI is InChI=1S/C15H15ClFN3O/c16-12-4-3-11(14(17)5-12)9-20-15(21)6-13(8-19-20)18-7-10-1-2-10/h3-6,8,10,18H,1-2,7,9H2. The molecule has 0 unspecified atom stereocenters. The topological polar surface area (TPSA) is 46.9 Å². The summed E-state index contributed by atoms with van der Waals surface area (Å²) >= 11 is 5.70. The molecular weight excluding hydrogens is 293 g/mol. The molecule has 1 aliphatic carbocycles. The number of benzene rings is 1. The van der Waals surface area contributed by atoms with Gasteiger partial charge in [0.25, 0.3) is 5.56 Å². The van der Waals surface area contributed by atoms with Crippen LogP contribution in [0.25, 0.3) is 0 Å². The van der Waals surface area contributed by atoms with E-state index in [1.165, 1.54) is 29.7 Å². The van der Waals surface area contributed by atoms with Gasteiger partial charge in [0.1, 0.15) is 5.82 Å². The zero-order chi connectivity index (χ0) is 14.8. The lowest BCUT2D eigenvalue weighted by molar-refractivity contribution is 0.572. The highest BCUT2D eigenvalue weighted by molar-refractivity contribution is 6.30. The van der Waals surface area contributed by atoms with Gasteiger partial charge in [0.15, 0.2) is 0 Å². The average molecular weight is 308 g/mol. The predicted molar refractivity (Wildman–Crippen MR) is 80.2 cm³/mol. The van der Waals surface area contributed by atoms with Gasteiger partial charge in [-0.3, -0.25) is 4.79 Å². The summed E-state index contributed by atoms with van der Waals surface area (Å²) in [5.41, 5.74) is 0.831. The minimum atomic E-state index is -0.438. The minimum Gasteiger partial charge on any atom is -0.383 e. The summed E-state index contributed by atoms with van der Waals surface area (Å²) < 4.78 is 15.0. The summed E-state index contributed by atoms with van der Waals surface area (Å²) in [6.45, 7) is 0.960. The van der Waals surface area contributed by atoms with E-state index >= 15 is 0 Å². The molecule has 2 aromatic rings. The normalized spacial score (nSPS) is 14.2. The van der Waals surface area contributed by atoms with Crippen molar-refractivity contribution in [1.82, 2.24) is 9.78 Å². The zero-order valence-corrected chi connectivity index (χ0v) is 12.1. The molecule has 0 bridgehead atoms. The molecule has 1 N–H and O–H groups in total. The lowest BCUT2D eigenvalue weighted by Gasteiger charge is -2.08. The van der Waals surface area contributed by atoms with Crippen LogP contribution in [0.15, 0.2) is 35.3 Å². The van der Waals surface area contributed by atoms with Crippen molar-refractivity contribution < 1.29 is 4.39 Å². The van der Waals surface area contributed by atoms with Crippen LogP contribution in [-0.4, -0.2) is 16.3 Å². The van der Waals surface area contributed by atoms with Gasteiger partial charge in [-0.15, -0.1) is 0 Å². The molecule has 110 valence electrons. The smallest absolute Gasteiger partial charge is 0.269 e. The molecule has 1 saturated carbocycles. The van der Waals surface area contributed by atoms with Crippen LogP contribution in [0, 0.1) is 11.7 Å². The number of hydrogen-bond acceptors (Lipinski definition) is 3. The molecule has 6 heteroatoms. The van der Waals surface area contributed by atoms with Gasteiger partial charge in [0.05, 0.1) is 18.4 Å². The van der Waals surface area contributed by atoms with E-state index in [1.807, 2.05) is 0 Å². The third-order valence-corrected chi connectivity index (χ3v) is 3.73. The Morgan fingerprint density at radius 2 is 2.19 bits per heavy atom. The highest BCUT2D eigenvalue weighted by Crippen LogP contribution is 2.28. The van der Waals surface area contributed by atoms with Crippen molar-refractivity contribution in [3.05, 3.63) is 57.2 Å². The summed E-state index contributed by atoms with van der Waals surface area (Å²) in [5.74, 6) is 0.280. The summed E-state index contributed by atoms with van der Waals surface area (Å²) in [7, 11) is 0.